The van der Waals surface area contributed by atoms with E-state index in [9.17, 15) is 9.59 Å². The van der Waals surface area contributed by atoms with E-state index in [1.54, 1.807) is 19.3 Å². The van der Waals surface area contributed by atoms with E-state index in [0.717, 1.165) is 16.8 Å². The number of allylic oxidation sites excluding steroid dienone is 1. The van der Waals surface area contributed by atoms with Crippen LogP contribution in [0.1, 0.15) is 37.7 Å². The Morgan fingerprint density at radius 2 is 1.63 bits per heavy atom. The predicted octanol–water partition coefficient (Wildman–Crippen LogP) is 4.57. The average molecular weight is 407 g/mol. The van der Waals surface area contributed by atoms with Crippen molar-refractivity contribution in [2.24, 2.45) is 0 Å². The van der Waals surface area contributed by atoms with Gasteiger partial charge in [0.25, 0.3) is 0 Å². The number of methoxy groups -OCH3 is 2. The molecule has 1 aromatic heterocycles. The smallest absolute Gasteiger partial charge is 0.335 e. The highest BCUT2D eigenvalue weighted by Gasteiger charge is 2.18. The van der Waals surface area contributed by atoms with Gasteiger partial charge >= 0.3 is 5.97 Å². The molecule has 0 fully saturated rings. The number of carbonyl (C=O) groups excluding carboxylic acids is 1. The normalized spacial score (nSPS) is 10.9. The number of nitrogens with zero attached hydrogens (tertiary/aromatic N) is 1. The zero-order valence-electron chi connectivity index (χ0n) is 17.1. The van der Waals surface area contributed by atoms with Crippen molar-refractivity contribution in [3.05, 3.63) is 70.6 Å². The van der Waals surface area contributed by atoms with Crippen LogP contribution in [-0.4, -0.2) is 36.2 Å². The van der Waals surface area contributed by atoms with E-state index in [0.29, 0.717) is 28.4 Å². The second kappa shape index (κ2) is 8.65. The van der Waals surface area contributed by atoms with Gasteiger partial charge in [-0.25, -0.2) is 4.79 Å². The second-order valence-corrected chi connectivity index (χ2v) is 6.57. The van der Waals surface area contributed by atoms with Crippen LogP contribution in [-0.2, 0) is 0 Å². The first kappa shape index (κ1) is 20.9. The van der Waals surface area contributed by atoms with Crippen LogP contribution in [0, 0.1) is 13.8 Å². The SMILES string of the molecule is COc1cc(OC)c(-c2c(C)noc2C)cc1/C=C/C(=O)c1ccc(C(=O)O)cc1. The Balaban J connectivity index is 1.99. The highest BCUT2D eigenvalue weighted by molar-refractivity contribution is 6.07. The predicted molar refractivity (Wildman–Crippen MR) is 111 cm³/mol. The minimum atomic E-state index is -1.04. The molecule has 0 aliphatic carbocycles. The first-order chi connectivity index (χ1) is 14.3. The lowest BCUT2D eigenvalue weighted by Gasteiger charge is -2.13. The maximum absolute atomic E-state index is 12.5. The molecule has 1 heterocycles. The molecule has 0 amide bonds. The molecule has 0 atom stereocenters. The number of hydrogen-bond acceptors (Lipinski definition) is 6. The third-order valence-corrected chi connectivity index (χ3v) is 4.69. The fourth-order valence-electron chi connectivity index (χ4n) is 3.16. The Morgan fingerprint density at radius 1 is 1.00 bits per heavy atom. The van der Waals surface area contributed by atoms with Gasteiger partial charge in [-0.15, -0.1) is 0 Å². The molecule has 0 aliphatic heterocycles. The fraction of sp³-hybridized carbons (Fsp3) is 0.174. The number of carboxylic acids is 1. The van der Waals surface area contributed by atoms with E-state index >= 15 is 0 Å². The minimum absolute atomic E-state index is 0.122. The number of aromatic nitrogens is 1. The number of ketones is 1. The van der Waals surface area contributed by atoms with Crippen molar-refractivity contribution >= 4 is 17.8 Å². The molecule has 0 saturated carbocycles. The van der Waals surface area contributed by atoms with Crippen LogP contribution in [0.15, 0.2) is 47.0 Å². The minimum Gasteiger partial charge on any atom is -0.496 e. The molecule has 2 aromatic carbocycles. The van der Waals surface area contributed by atoms with Gasteiger partial charge in [0.2, 0.25) is 0 Å². The Hall–Kier alpha value is -3.87. The number of hydrogen-bond donors (Lipinski definition) is 1. The van der Waals surface area contributed by atoms with Crippen LogP contribution in [0.2, 0.25) is 0 Å². The molecule has 1 N–H and O–H groups in total. The third-order valence-electron chi connectivity index (χ3n) is 4.69. The summed E-state index contributed by atoms with van der Waals surface area (Å²) in [6, 6.07) is 9.35. The summed E-state index contributed by atoms with van der Waals surface area (Å²) in [5.41, 5.74) is 3.49. The Morgan fingerprint density at radius 3 is 2.17 bits per heavy atom. The number of aromatic carboxylic acids is 1. The van der Waals surface area contributed by atoms with Gasteiger partial charge in [0.05, 0.1) is 31.0 Å². The summed E-state index contributed by atoms with van der Waals surface area (Å²) in [6.45, 7) is 3.66. The summed E-state index contributed by atoms with van der Waals surface area (Å²) in [5, 5.41) is 13.0. The van der Waals surface area contributed by atoms with Crippen LogP contribution in [0.3, 0.4) is 0 Å². The maximum Gasteiger partial charge on any atom is 0.335 e. The van der Waals surface area contributed by atoms with Crippen molar-refractivity contribution in [3.63, 3.8) is 0 Å². The molecule has 3 aromatic rings. The van der Waals surface area contributed by atoms with Gasteiger partial charge < -0.3 is 19.1 Å². The Bertz CT molecular complexity index is 1110. The van der Waals surface area contributed by atoms with Crippen LogP contribution >= 0.6 is 0 Å². The molecule has 0 unspecified atom stereocenters. The van der Waals surface area contributed by atoms with Crippen LogP contribution in [0.4, 0.5) is 0 Å². The largest absolute Gasteiger partial charge is 0.496 e. The van der Waals surface area contributed by atoms with Crippen LogP contribution in [0.25, 0.3) is 17.2 Å². The highest BCUT2D eigenvalue weighted by Crippen LogP contribution is 2.39. The van der Waals surface area contributed by atoms with Gasteiger partial charge in [-0.3, -0.25) is 4.79 Å². The first-order valence-corrected chi connectivity index (χ1v) is 9.10. The monoisotopic (exact) mass is 407 g/mol. The molecule has 3 rings (SSSR count). The number of carbonyl (C=O) groups is 2. The average Bonchev–Trinajstić information content (AvgIpc) is 3.09. The van der Waals surface area contributed by atoms with E-state index in [1.807, 2.05) is 19.9 Å². The number of aryl methyl sites for hydroxylation is 2. The van der Waals surface area contributed by atoms with Gasteiger partial charge in [0.1, 0.15) is 17.3 Å². The number of ether oxygens (including phenoxy) is 2. The van der Waals surface area contributed by atoms with Crippen molar-refractivity contribution < 1.29 is 28.7 Å². The Labute approximate surface area is 173 Å². The fourth-order valence-corrected chi connectivity index (χ4v) is 3.16. The Kier molecular flexibility index (Phi) is 6.01. The molecule has 0 bridgehead atoms. The van der Waals surface area contributed by atoms with E-state index < -0.39 is 5.97 Å². The van der Waals surface area contributed by atoms with Crippen LogP contribution in [0.5, 0.6) is 11.5 Å². The third kappa shape index (κ3) is 4.10. The van der Waals surface area contributed by atoms with Gasteiger partial charge in [0, 0.05) is 22.8 Å². The quantitative estimate of drug-likeness (QED) is 0.452. The maximum atomic E-state index is 12.5. The molecule has 0 aliphatic rings. The molecule has 0 saturated heterocycles. The van der Waals surface area contributed by atoms with E-state index in [2.05, 4.69) is 5.16 Å². The van der Waals surface area contributed by atoms with Gasteiger partial charge in [0.15, 0.2) is 5.78 Å². The summed E-state index contributed by atoms with van der Waals surface area (Å²) < 4.78 is 16.2. The van der Waals surface area contributed by atoms with Gasteiger partial charge in [-0.2, -0.15) is 0 Å². The first-order valence-electron chi connectivity index (χ1n) is 9.10. The van der Waals surface area contributed by atoms with Crippen molar-refractivity contribution in [1.82, 2.24) is 5.16 Å². The zero-order valence-corrected chi connectivity index (χ0v) is 17.1. The lowest BCUT2D eigenvalue weighted by Crippen LogP contribution is -1.99. The summed E-state index contributed by atoms with van der Waals surface area (Å²) in [4.78, 5) is 23.5. The van der Waals surface area contributed by atoms with Crippen molar-refractivity contribution in [1.29, 1.82) is 0 Å². The van der Waals surface area contributed by atoms with Gasteiger partial charge in [-0.05, 0) is 44.2 Å². The molecule has 30 heavy (non-hydrogen) atoms. The molecule has 7 heteroatoms. The van der Waals surface area contributed by atoms with E-state index in [-0.39, 0.29) is 11.3 Å². The molecule has 0 radical (unpaired) electrons. The van der Waals surface area contributed by atoms with Crippen molar-refractivity contribution in [2.75, 3.05) is 14.2 Å². The number of rotatable bonds is 7. The summed E-state index contributed by atoms with van der Waals surface area (Å²) in [5.74, 6) is 0.477. The zero-order chi connectivity index (χ0) is 21.8. The summed E-state index contributed by atoms with van der Waals surface area (Å²) in [7, 11) is 3.10. The van der Waals surface area contributed by atoms with E-state index in [1.165, 1.54) is 37.5 Å². The topological polar surface area (TPSA) is 98.9 Å². The molecular formula is C23H21NO6. The molecule has 7 nitrogen and oxygen atoms in total. The van der Waals surface area contributed by atoms with Gasteiger partial charge in [-0.1, -0.05) is 17.3 Å². The van der Waals surface area contributed by atoms with Crippen molar-refractivity contribution in [3.8, 4) is 22.6 Å². The lowest BCUT2D eigenvalue weighted by atomic mass is 9.99. The molecular weight excluding hydrogens is 386 g/mol. The number of benzene rings is 2. The standard InChI is InChI=1S/C23H21NO6/c1-13-22(14(2)30-24-13)18-11-17(20(28-3)12-21(18)29-4)9-10-19(25)15-5-7-16(8-6-15)23(26)27/h5-12H,1-4H3,(H,26,27)/b10-9+. The highest BCUT2D eigenvalue weighted by atomic mass is 16.5. The van der Waals surface area contributed by atoms with Crippen molar-refractivity contribution in [2.45, 2.75) is 13.8 Å². The van der Waals surface area contributed by atoms with E-state index in [4.69, 9.17) is 19.1 Å². The molecule has 154 valence electrons. The summed E-state index contributed by atoms with van der Waals surface area (Å²) in [6.07, 6.45) is 3.06. The second-order valence-electron chi connectivity index (χ2n) is 6.57. The summed E-state index contributed by atoms with van der Waals surface area (Å²) >= 11 is 0. The van der Waals surface area contributed by atoms with Crippen LogP contribution < -0.4 is 9.47 Å². The lowest BCUT2D eigenvalue weighted by molar-refractivity contribution is 0.0696. The number of carboxylic acid groups (broad SMARTS) is 1. The molecule has 0 spiro atoms.